The van der Waals surface area contributed by atoms with Gasteiger partial charge in [-0.25, -0.2) is 0 Å². The summed E-state index contributed by atoms with van der Waals surface area (Å²) in [7, 11) is 1.41. The second kappa shape index (κ2) is 2.00. The Morgan fingerprint density at radius 3 is 2.40 bits per heavy atom. The van der Waals surface area contributed by atoms with Crippen molar-refractivity contribution in [3.05, 3.63) is 18.0 Å². The molecule has 0 aliphatic heterocycles. The van der Waals surface area contributed by atoms with Crippen LogP contribution in [0.1, 0.15) is 5.56 Å². The first-order valence-corrected chi connectivity index (χ1v) is 2.48. The third kappa shape index (κ3) is 1.29. The molecule has 2 nitrogen and oxygen atoms in total. The van der Waals surface area contributed by atoms with Crippen LogP contribution in [-0.2, 0) is 13.2 Å². The first kappa shape index (κ1) is 7.11. The molecule has 1 aromatic heterocycles. The number of alkyl halides is 3. The summed E-state index contributed by atoms with van der Waals surface area (Å²) in [5, 5.41) is 3.25. The number of nitrogens with zero attached hydrogens (tertiary/aromatic N) is 2. The lowest BCUT2D eigenvalue weighted by atomic mass is 10.4. The number of rotatable bonds is 0. The standard InChI is InChI=1S/C5H4F3N2/c1-10-3-4(2-9-10)5(6,7)8/h3H,1H3. The Morgan fingerprint density at radius 2 is 2.20 bits per heavy atom. The normalized spacial score (nSPS) is 12.0. The summed E-state index contributed by atoms with van der Waals surface area (Å²) in [5.41, 5.74) is -0.838. The van der Waals surface area contributed by atoms with Crippen LogP contribution in [0.25, 0.3) is 0 Å². The van der Waals surface area contributed by atoms with Crippen molar-refractivity contribution in [3.8, 4) is 0 Å². The Kier molecular flexibility index (Phi) is 1.42. The zero-order valence-corrected chi connectivity index (χ0v) is 5.11. The van der Waals surface area contributed by atoms with Gasteiger partial charge in [0, 0.05) is 13.2 Å². The molecule has 0 amide bonds. The Balaban J connectivity index is 2.96. The van der Waals surface area contributed by atoms with Crippen molar-refractivity contribution in [2.75, 3.05) is 0 Å². The minimum absolute atomic E-state index is 0.838. The van der Waals surface area contributed by atoms with Gasteiger partial charge in [0.1, 0.15) is 11.8 Å². The van der Waals surface area contributed by atoms with E-state index < -0.39 is 11.7 Å². The molecule has 1 aromatic rings. The maximum atomic E-state index is 11.7. The molecule has 0 aromatic carbocycles. The molecule has 1 rings (SSSR count). The van der Waals surface area contributed by atoms with Crippen LogP contribution in [0.4, 0.5) is 13.2 Å². The summed E-state index contributed by atoms with van der Waals surface area (Å²) < 4.78 is 36.2. The van der Waals surface area contributed by atoms with Gasteiger partial charge >= 0.3 is 6.18 Å². The van der Waals surface area contributed by atoms with Crippen LogP contribution in [0, 0.1) is 6.20 Å². The fourth-order valence-electron chi connectivity index (χ4n) is 0.514. The van der Waals surface area contributed by atoms with Crippen molar-refractivity contribution < 1.29 is 13.2 Å². The molecule has 0 spiro atoms. The maximum absolute atomic E-state index is 11.7. The van der Waals surface area contributed by atoms with Crippen LogP contribution in [0.3, 0.4) is 0 Å². The molecule has 0 aliphatic rings. The molecule has 0 atom stereocenters. The number of hydrogen-bond acceptors (Lipinski definition) is 1. The highest BCUT2D eigenvalue weighted by molar-refractivity contribution is 5.06. The summed E-state index contributed by atoms with van der Waals surface area (Å²) in [6.07, 6.45) is -1.62. The van der Waals surface area contributed by atoms with Crippen LogP contribution in [0.15, 0.2) is 6.20 Å². The zero-order valence-electron chi connectivity index (χ0n) is 5.11. The van der Waals surface area contributed by atoms with E-state index in [4.69, 9.17) is 0 Å². The smallest absolute Gasteiger partial charge is 0.275 e. The fraction of sp³-hybridized carbons (Fsp3) is 0.400. The summed E-state index contributed by atoms with van der Waals surface area (Å²) >= 11 is 0. The molecular formula is C5H4F3N2. The topological polar surface area (TPSA) is 17.8 Å². The van der Waals surface area contributed by atoms with E-state index in [0.717, 1.165) is 10.9 Å². The van der Waals surface area contributed by atoms with Gasteiger partial charge in [0.15, 0.2) is 0 Å². The molecular weight excluding hydrogens is 145 g/mol. The van der Waals surface area contributed by atoms with Crippen LogP contribution in [0.2, 0.25) is 0 Å². The second-order valence-electron chi connectivity index (χ2n) is 1.83. The first-order chi connectivity index (χ1) is 4.50. The van der Waals surface area contributed by atoms with Gasteiger partial charge in [-0.2, -0.15) is 18.3 Å². The monoisotopic (exact) mass is 149 g/mol. The highest BCUT2D eigenvalue weighted by Crippen LogP contribution is 2.27. The van der Waals surface area contributed by atoms with Gasteiger partial charge in [-0.1, -0.05) is 0 Å². The Morgan fingerprint density at radius 1 is 1.60 bits per heavy atom. The van der Waals surface area contributed by atoms with Gasteiger partial charge in [-0.3, -0.25) is 4.68 Å². The SMILES string of the molecule is Cn1cc(C(F)(F)F)[c]n1. The van der Waals surface area contributed by atoms with E-state index >= 15 is 0 Å². The lowest BCUT2D eigenvalue weighted by Gasteiger charge is -1.98. The maximum Gasteiger partial charge on any atom is 0.420 e. The molecule has 0 fully saturated rings. The van der Waals surface area contributed by atoms with Crippen molar-refractivity contribution >= 4 is 0 Å². The van der Waals surface area contributed by atoms with Gasteiger partial charge < -0.3 is 0 Å². The van der Waals surface area contributed by atoms with Crippen LogP contribution < -0.4 is 0 Å². The minimum Gasteiger partial charge on any atom is -0.275 e. The van der Waals surface area contributed by atoms with E-state index in [2.05, 4.69) is 5.10 Å². The number of aryl methyl sites for hydroxylation is 1. The first-order valence-electron chi connectivity index (χ1n) is 2.48. The molecule has 0 N–H and O–H groups in total. The van der Waals surface area contributed by atoms with Crippen molar-refractivity contribution in [1.82, 2.24) is 9.78 Å². The van der Waals surface area contributed by atoms with Crippen molar-refractivity contribution in [1.29, 1.82) is 0 Å². The molecule has 10 heavy (non-hydrogen) atoms. The van der Waals surface area contributed by atoms with E-state index in [-0.39, 0.29) is 0 Å². The quantitative estimate of drug-likeness (QED) is 0.542. The van der Waals surface area contributed by atoms with E-state index in [1.807, 2.05) is 6.20 Å². The van der Waals surface area contributed by atoms with Gasteiger partial charge in [0.2, 0.25) is 0 Å². The third-order valence-corrected chi connectivity index (χ3v) is 0.950. The van der Waals surface area contributed by atoms with Crippen molar-refractivity contribution in [2.45, 2.75) is 6.18 Å². The molecule has 0 aliphatic carbocycles. The molecule has 1 heterocycles. The second-order valence-corrected chi connectivity index (χ2v) is 1.83. The van der Waals surface area contributed by atoms with Crippen molar-refractivity contribution in [3.63, 3.8) is 0 Å². The zero-order chi connectivity index (χ0) is 7.78. The lowest BCUT2D eigenvalue weighted by molar-refractivity contribution is -0.137. The highest BCUT2D eigenvalue weighted by atomic mass is 19.4. The van der Waals surface area contributed by atoms with Gasteiger partial charge in [0.05, 0.1) is 0 Å². The van der Waals surface area contributed by atoms with Gasteiger partial charge in [0.25, 0.3) is 0 Å². The fourth-order valence-corrected chi connectivity index (χ4v) is 0.514. The number of hydrogen-bond donors (Lipinski definition) is 0. The molecule has 5 heteroatoms. The summed E-state index contributed by atoms with van der Waals surface area (Å²) in [5.74, 6) is 0. The molecule has 0 bridgehead atoms. The predicted octanol–water partition coefficient (Wildman–Crippen LogP) is 1.24. The molecule has 0 unspecified atom stereocenters. The van der Waals surface area contributed by atoms with Crippen molar-refractivity contribution in [2.24, 2.45) is 7.05 Å². The molecule has 0 saturated carbocycles. The lowest BCUT2D eigenvalue weighted by Crippen LogP contribution is -2.02. The Labute approximate surface area is 55.3 Å². The van der Waals surface area contributed by atoms with Gasteiger partial charge in [-0.15, -0.1) is 0 Å². The highest BCUT2D eigenvalue weighted by Gasteiger charge is 2.32. The average molecular weight is 149 g/mol. The number of halogens is 3. The summed E-state index contributed by atoms with van der Waals surface area (Å²) in [6.45, 7) is 0. The molecule has 1 radical (unpaired) electrons. The predicted molar refractivity (Wildman–Crippen MR) is 27.0 cm³/mol. The van der Waals surface area contributed by atoms with E-state index in [0.29, 0.717) is 0 Å². The summed E-state index contributed by atoms with van der Waals surface area (Å²) in [4.78, 5) is 0. The van der Waals surface area contributed by atoms with Crippen LogP contribution in [0.5, 0.6) is 0 Å². The molecule has 55 valence electrons. The number of aromatic nitrogens is 2. The molecule has 0 saturated heterocycles. The Bertz CT molecular complexity index is 225. The largest absolute Gasteiger partial charge is 0.420 e. The average Bonchev–Trinajstić information content (AvgIpc) is 2.11. The minimum atomic E-state index is -4.33. The van der Waals surface area contributed by atoms with E-state index in [1.54, 1.807) is 0 Å². The van der Waals surface area contributed by atoms with Gasteiger partial charge in [-0.05, 0) is 0 Å². The Hall–Kier alpha value is -1.00. The summed E-state index contributed by atoms with van der Waals surface area (Å²) in [6, 6.07) is 0. The van der Waals surface area contributed by atoms with E-state index in [9.17, 15) is 13.2 Å². The van der Waals surface area contributed by atoms with Crippen LogP contribution in [-0.4, -0.2) is 9.78 Å². The van der Waals surface area contributed by atoms with Crippen LogP contribution >= 0.6 is 0 Å². The third-order valence-electron chi connectivity index (χ3n) is 0.950. The van der Waals surface area contributed by atoms with E-state index in [1.165, 1.54) is 7.05 Å².